The third-order valence-electron chi connectivity index (χ3n) is 9.81. The molecular weight excluding hydrogens is 670 g/mol. The van der Waals surface area contributed by atoms with Crippen LogP contribution in [0.2, 0.25) is 0 Å². The summed E-state index contributed by atoms with van der Waals surface area (Å²) in [4.78, 5) is 40.8. The molecule has 0 N–H and O–H groups in total. The number of nitriles is 1. The first kappa shape index (κ1) is 35.9. The highest BCUT2D eigenvalue weighted by Gasteiger charge is 2.48. The zero-order valence-corrected chi connectivity index (χ0v) is 28.3. The molecule has 0 unspecified atom stereocenters. The predicted octanol–water partition coefficient (Wildman–Crippen LogP) is 5.94. The van der Waals surface area contributed by atoms with E-state index in [1.165, 1.54) is 11.2 Å². The van der Waals surface area contributed by atoms with Gasteiger partial charge >= 0.3 is 12.1 Å². The second-order valence-corrected chi connectivity index (χ2v) is 13.2. The molecule has 0 aromatic carbocycles. The fourth-order valence-corrected chi connectivity index (χ4v) is 6.99. The molecule has 2 fully saturated rings. The molecule has 270 valence electrons. The Kier molecular flexibility index (Phi) is 10.7. The summed E-state index contributed by atoms with van der Waals surface area (Å²) in [6, 6.07) is 5.20. The fourth-order valence-electron chi connectivity index (χ4n) is 6.99. The number of piperidine rings is 1. The maximum Gasteiger partial charge on any atom is 0.436 e. The summed E-state index contributed by atoms with van der Waals surface area (Å²) in [5.74, 6) is -2.71. The van der Waals surface area contributed by atoms with E-state index in [1.807, 2.05) is 12.3 Å². The van der Waals surface area contributed by atoms with Gasteiger partial charge in [-0.05, 0) is 31.4 Å². The van der Waals surface area contributed by atoms with Gasteiger partial charge in [0, 0.05) is 68.2 Å². The van der Waals surface area contributed by atoms with Gasteiger partial charge in [0.05, 0.1) is 29.9 Å². The number of esters is 1. The number of rotatable bonds is 13. The molecule has 2 aliphatic heterocycles. The summed E-state index contributed by atoms with van der Waals surface area (Å²) in [5.41, 5.74) is -0.932. The van der Waals surface area contributed by atoms with Crippen molar-refractivity contribution in [3.05, 3.63) is 60.3 Å². The highest BCUT2D eigenvalue weighted by Crippen LogP contribution is 2.38. The molecule has 6 heterocycles. The Balaban J connectivity index is 1.07. The zero-order valence-electron chi connectivity index (χ0n) is 28.3. The molecule has 4 aromatic heterocycles. The van der Waals surface area contributed by atoms with Crippen molar-refractivity contribution >= 4 is 22.9 Å². The first-order chi connectivity index (χ1) is 24.5. The second kappa shape index (κ2) is 15.1. The minimum atomic E-state index is -5.01. The molecule has 0 spiro atoms. The number of ether oxygens (including phenoxy) is 1. The van der Waals surface area contributed by atoms with Crippen LogP contribution >= 0.6 is 0 Å². The van der Waals surface area contributed by atoms with Crippen LogP contribution in [0.5, 0.6) is 0 Å². The SMILES string of the molecule is CCCCCCCC(=O)OCn1ccc2c(-c3cnn(C4(CC#N)CN(C5CCN(C(=O)c6ccnc(C(F)(F)F)c6F)CC5)C4)c3)ncnc21. The van der Waals surface area contributed by atoms with Crippen molar-refractivity contribution in [2.75, 3.05) is 26.2 Å². The van der Waals surface area contributed by atoms with Crippen molar-refractivity contribution in [1.29, 1.82) is 5.26 Å². The lowest BCUT2D eigenvalue weighted by Gasteiger charge is -2.53. The Hall–Kier alpha value is -4.91. The Morgan fingerprint density at radius 3 is 2.57 bits per heavy atom. The van der Waals surface area contributed by atoms with Gasteiger partial charge in [-0.15, -0.1) is 0 Å². The van der Waals surface area contributed by atoms with E-state index in [9.17, 15) is 32.4 Å². The number of hydrogen-bond donors (Lipinski definition) is 0. The van der Waals surface area contributed by atoms with Crippen LogP contribution in [-0.4, -0.2) is 83.2 Å². The van der Waals surface area contributed by atoms with Gasteiger partial charge in [0.1, 0.15) is 17.5 Å². The van der Waals surface area contributed by atoms with Gasteiger partial charge in [0.15, 0.2) is 18.2 Å². The van der Waals surface area contributed by atoms with E-state index in [0.29, 0.717) is 43.7 Å². The van der Waals surface area contributed by atoms with E-state index in [-0.39, 0.29) is 38.3 Å². The molecule has 1 amide bonds. The minimum absolute atomic E-state index is 0.0425. The first-order valence-electron chi connectivity index (χ1n) is 17.2. The number of carbonyl (C=O) groups excluding carboxylic acids is 2. The lowest BCUT2D eigenvalue weighted by Crippen LogP contribution is -2.66. The third-order valence-corrected chi connectivity index (χ3v) is 9.81. The molecule has 6 rings (SSSR count). The van der Waals surface area contributed by atoms with Gasteiger partial charge in [-0.1, -0.05) is 32.6 Å². The first-order valence-corrected chi connectivity index (χ1v) is 17.2. The van der Waals surface area contributed by atoms with Gasteiger partial charge in [-0.2, -0.15) is 23.5 Å². The molecule has 2 aliphatic rings. The van der Waals surface area contributed by atoms with E-state index in [1.54, 1.807) is 21.6 Å². The van der Waals surface area contributed by atoms with Crippen LogP contribution in [0.15, 0.2) is 43.2 Å². The van der Waals surface area contributed by atoms with Gasteiger partial charge in [0.25, 0.3) is 5.91 Å². The molecule has 0 radical (unpaired) electrons. The minimum Gasteiger partial charge on any atom is -0.444 e. The molecule has 2 saturated heterocycles. The van der Waals surface area contributed by atoms with Crippen molar-refractivity contribution in [2.24, 2.45) is 0 Å². The number of pyridine rings is 1. The Morgan fingerprint density at radius 1 is 1.08 bits per heavy atom. The molecule has 0 bridgehead atoms. The van der Waals surface area contributed by atoms with Crippen molar-refractivity contribution in [1.82, 2.24) is 39.1 Å². The van der Waals surface area contributed by atoms with Crippen LogP contribution in [0.3, 0.4) is 0 Å². The van der Waals surface area contributed by atoms with Crippen molar-refractivity contribution in [3.8, 4) is 17.3 Å². The number of carbonyl (C=O) groups is 2. The summed E-state index contributed by atoms with van der Waals surface area (Å²) in [6.07, 6.45) is 9.52. The lowest BCUT2D eigenvalue weighted by molar-refractivity contribution is -0.147. The summed E-state index contributed by atoms with van der Waals surface area (Å²) in [7, 11) is 0. The maximum atomic E-state index is 14.6. The third kappa shape index (κ3) is 7.58. The van der Waals surface area contributed by atoms with Crippen LogP contribution in [0, 0.1) is 17.1 Å². The standard InChI is InChI=1S/C35H39F4N9O3/c1-2-3-4-5-6-7-28(49)51-23-46-17-11-27-30(42-22-43-32(27)46)24-18-44-48(19-24)34(12-13-40)20-47(21-34)25-9-15-45(16-10-25)33(50)26-8-14-41-31(29(26)36)35(37,38)39/h8,11,14,17-19,22,25H,2-7,9-10,12,15-16,20-21,23H2,1H3. The number of likely N-dealkylation sites (tertiary alicyclic amines) is 2. The van der Waals surface area contributed by atoms with Gasteiger partial charge in [-0.3, -0.25) is 23.7 Å². The highest BCUT2D eigenvalue weighted by atomic mass is 19.4. The summed E-state index contributed by atoms with van der Waals surface area (Å²) in [6.45, 7) is 3.76. The van der Waals surface area contributed by atoms with Gasteiger partial charge in [-0.25, -0.2) is 19.3 Å². The normalized spacial score (nSPS) is 16.6. The average molecular weight is 710 g/mol. The maximum absolute atomic E-state index is 14.6. The van der Waals surface area contributed by atoms with E-state index in [4.69, 9.17) is 4.74 Å². The number of unbranched alkanes of at least 4 members (excludes halogenated alkanes) is 4. The number of nitrogens with zero attached hydrogens (tertiary/aromatic N) is 9. The van der Waals surface area contributed by atoms with Crippen molar-refractivity contribution in [2.45, 2.75) is 89.2 Å². The molecular formula is C35H39F4N9O3. The highest BCUT2D eigenvalue weighted by molar-refractivity contribution is 5.94. The van der Waals surface area contributed by atoms with Crippen LogP contribution in [0.1, 0.15) is 80.8 Å². The van der Waals surface area contributed by atoms with E-state index in [2.05, 4.69) is 37.9 Å². The lowest BCUT2D eigenvalue weighted by atomic mass is 9.83. The molecule has 12 nitrogen and oxygen atoms in total. The van der Waals surface area contributed by atoms with Gasteiger partial charge in [0.2, 0.25) is 0 Å². The summed E-state index contributed by atoms with van der Waals surface area (Å²) < 4.78 is 63.0. The van der Waals surface area contributed by atoms with Crippen LogP contribution < -0.4 is 0 Å². The topological polar surface area (TPSA) is 135 Å². The Morgan fingerprint density at radius 2 is 1.84 bits per heavy atom. The molecule has 16 heteroatoms. The number of hydrogen-bond acceptors (Lipinski definition) is 9. The molecule has 0 saturated carbocycles. The molecule has 51 heavy (non-hydrogen) atoms. The molecule has 0 atom stereocenters. The van der Waals surface area contributed by atoms with Crippen LogP contribution in [-0.2, 0) is 28.0 Å². The predicted molar refractivity (Wildman–Crippen MR) is 176 cm³/mol. The van der Waals surface area contributed by atoms with E-state index < -0.39 is 34.7 Å². The van der Waals surface area contributed by atoms with Crippen LogP contribution in [0.4, 0.5) is 17.6 Å². The summed E-state index contributed by atoms with van der Waals surface area (Å²) in [5, 5.41) is 15.1. The van der Waals surface area contributed by atoms with E-state index in [0.717, 1.165) is 55.3 Å². The zero-order chi connectivity index (χ0) is 36.2. The number of fused-ring (bicyclic) bond motifs is 1. The number of amides is 1. The number of halogens is 4. The van der Waals surface area contributed by atoms with Gasteiger partial charge < -0.3 is 9.64 Å². The van der Waals surface area contributed by atoms with Crippen molar-refractivity contribution < 1.29 is 31.9 Å². The fraction of sp³-hybridized carbons (Fsp3) is 0.514. The molecule has 4 aromatic rings. The van der Waals surface area contributed by atoms with E-state index >= 15 is 0 Å². The van der Waals surface area contributed by atoms with Crippen molar-refractivity contribution in [3.63, 3.8) is 0 Å². The number of aromatic nitrogens is 6. The number of alkyl halides is 3. The Bertz CT molecular complexity index is 1900. The quantitative estimate of drug-likeness (QED) is 0.0940. The smallest absolute Gasteiger partial charge is 0.436 e. The largest absolute Gasteiger partial charge is 0.444 e. The Labute approximate surface area is 292 Å². The monoisotopic (exact) mass is 709 g/mol. The second-order valence-electron chi connectivity index (χ2n) is 13.2. The average Bonchev–Trinajstić information content (AvgIpc) is 3.76. The van der Waals surface area contributed by atoms with Crippen LogP contribution in [0.25, 0.3) is 22.3 Å². The molecule has 0 aliphatic carbocycles. The summed E-state index contributed by atoms with van der Waals surface area (Å²) >= 11 is 0.